The molecule has 0 spiro atoms. The van der Waals surface area contributed by atoms with Crippen LogP contribution in [0.4, 0.5) is 0 Å². The third kappa shape index (κ3) is 5.39. The minimum atomic E-state index is 0.495. The lowest BCUT2D eigenvalue weighted by molar-refractivity contribution is 0.320. The number of aryl methyl sites for hydroxylation is 1. The zero-order chi connectivity index (χ0) is 15.6. The maximum Gasteiger partial charge on any atom is 0.0316 e. The van der Waals surface area contributed by atoms with Crippen LogP contribution in [0.1, 0.15) is 42.1 Å². The molecule has 1 atom stereocenters. The molecule has 19 heavy (non-hydrogen) atoms. The molecule has 2 heteroatoms. The third-order valence-corrected chi connectivity index (χ3v) is 3.55. The van der Waals surface area contributed by atoms with Gasteiger partial charge >= 0.3 is 0 Å². The summed E-state index contributed by atoms with van der Waals surface area (Å²) in [5.74, 6) is 0. The second-order valence-corrected chi connectivity index (χ2v) is 4.56. The van der Waals surface area contributed by atoms with E-state index in [0.717, 1.165) is 6.42 Å². The Morgan fingerprint density at radius 2 is 1.58 bits per heavy atom. The van der Waals surface area contributed by atoms with E-state index in [2.05, 4.69) is 78.7 Å². The van der Waals surface area contributed by atoms with Gasteiger partial charge in [0.2, 0.25) is 0 Å². The second kappa shape index (κ2) is 10.5. The van der Waals surface area contributed by atoms with E-state index in [-0.39, 0.29) is 0 Å². The summed E-state index contributed by atoms with van der Waals surface area (Å²) in [5.41, 5.74) is 5.84. The van der Waals surface area contributed by atoms with Gasteiger partial charge in [0.15, 0.2) is 0 Å². The standard InChI is InChI=1S/C14H23N.C2H4.CH3N/c1-7-13-8-9-14(11(3)10(13)2)12(4)15(5)6;2*1-2/h8-9,12H,7H2,1-6H3;1-2H2;2H,1H2. The summed E-state index contributed by atoms with van der Waals surface area (Å²) >= 11 is 0. The Labute approximate surface area is 119 Å². The molecule has 0 aliphatic carbocycles. The molecule has 0 bridgehead atoms. The molecule has 1 N–H and O–H groups in total. The van der Waals surface area contributed by atoms with Gasteiger partial charge in [0, 0.05) is 6.04 Å². The fourth-order valence-electron chi connectivity index (χ4n) is 2.01. The summed E-state index contributed by atoms with van der Waals surface area (Å²) in [6.45, 7) is 17.5. The van der Waals surface area contributed by atoms with Crippen LogP contribution in [0.3, 0.4) is 0 Å². The first-order valence-electron chi connectivity index (χ1n) is 6.59. The maximum absolute atomic E-state index is 5.50. The first-order chi connectivity index (χ1) is 8.99. The molecular weight excluding hydrogens is 232 g/mol. The summed E-state index contributed by atoms with van der Waals surface area (Å²) in [7, 11) is 4.26. The van der Waals surface area contributed by atoms with Crippen molar-refractivity contribution in [2.75, 3.05) is 14.1 Å². The van der Waals surface area contributed by atoms with Crippen LogP contribution in [0.5, 0.6) is 0 Å². The number of rotatable bonds is 3. The van der Waals surface area contributed by atoms with Crippen LogP contribution in [0.25, 0.3) is 0 Å². The highest BCUT2D eigenvalue weighted by molar-refractivity contribution is 5.40. The van der Waals surface area contributed by atoms with Crippen molar-refractivity contribution >= 4 is 6.72 Å². The van der Waals surface area contributed by atoms with Crippen LogP contribution >= 0.6 is 0 Å². The van der Waals surface area contributed by atoms with Crippen molar-refractivity contribution in [3.8, 4) is 0 Å². The number of nitrogens with one attached hydrogen (secondary N) is 1. The van der Waals surface area contributed by atoms with Crippen LogP contribution in [-0.4, -0.2) is 25.7 Å². The van der Waals surface area contributed by atoms with Gasteiger partial charge in [0.05, 0.1) is 0 Å². The highest BCUT2D eigenvalue weighted by atomic mass is 15.1. The van der Waals surface area contributed by atoms with Gasteiger partial charge < -0.3 is 10.3 Å². The van der Waals surface area contributed by atoms with Gasteiger partial charge in [0.25, 0.3) is 0 Å². The maximum atomic E-state index is 5.50. The molecule has 0 aliphatic heterocycles. The molecule has 108 valence electrons. The number of hydrogen-bond acceptors (Lipinski definition) is 2. The minimum Gasteiger partial charge on any atom is -0.317 e. The topological polar surface area (TPSA) is 27.1 Å². The first kappa shape index (κ1) is 19.9. The Kier molecular flexibility index (Phi) is 11.0. The lowest BCUT2D eigenvalue weighted by Gasteiger charge is -2.23. The SMILES string of the molecule is C=C.C=N.CCc1ccc(C(C)N(C)C)c(C)c1C. The highest BCUT2D eigenvalue weighted by Crippen LogP contribution is 2.25. The Bertz CT molecular complexity index is 368. The minimum absolute atomic E-state index is 0.495. The van der Waals surface area contributed by atoms with E-state index in [4.69, 9.17) is 5.41 Å². The molecular formula is C17H30N2. The predicted molar refractivity (Wildman–Crippen MR) is 88.5 cm³/mol. The number of nitrogens with zero attached hydrogens (tertiary/aromatic N) is 1. The van der Waals surface area contributed by atoms with Gasteiger partial charge in [-0.1, -0.05) is 19.1 Å². The van der Waals surface area contributed by atoms with E-state index in [0.29, 0.717) is 6.04 Å². The van der Waals surface area contributed by atoms with Crippen LogP contribution in [0.15, 0.2) is 25.3 Å². The smallest absolute Gasteiger partial charge is 0.0316 e. The second-order valence-electron chi connectivity index (χ2n) is 4.56. The Balaban J connectivity index is 0. The van der Waals surface area contributed by atoms with E-state index in [1.807, 2.05) is 0 Å². The molecule has 1 aromatic rings. The zero-order valence-corrected chi connectivity index (χ0v) is 13.5. The normalized spacial score (nSPS) is 10.9. The molecule has 0 heterocycles. The molecule has 0 saturated heterocycles. The molecule has 1 aromatic carbocycles. The molecule has 0 fully saturated rings. The fraction of sp³-hybridized carbons (Fsp3) is 0.471. The van der Waals surface area contributed by atoms with Crippen molar-refractivity contribution in [3.05, 3.63) is 47.5 Å². The lowest BCUT2D eigenvalue weighted by Crippen LogP contribution is -2.18. The number of benzene rings is 1. The fourth-order valence-corrected chi connectivity index (χ4v) is 2.01. The van der Waals surface area contributed by atoms with Crippen LogP contribution in [0, 0.1) is 19.3 Å². The van der Waals surface area contributed by atoms with E-state index in [9.17, 15) is 0 Å². The first-order valence-corrected chi connectivity index (χ1v) is 6.59. The summed E-state index contributed by atoms with van der Waals surface area (Å²) in [6, 6.07) is 5.05. The average molecular weight is 262 g/mol. The highest BCUT2D eigenvalue weighted by Gasteiger charge is 2.12. The summed E-state index contributed by atoms with van der Waals surface area (Å²) in [5, 5.41) is 5.50. The third-order valence-electron chi connectivity index (χ3n) is 3.55. The Morgan fingerprint density at radius 1 is 1.11 bits per heavy atom. The summed E-state index contributed by atoms with van der Waals surface area (Å²) in [4.78, 5) is 2.26. The molecule has 0 aromatic heterocycles. The summed E-state index contributed by atoms with van der Waals surface area (Å²) < 4.78 is 0. The van der Waals surface area contributed by atoms with Crippen molar-refractivity contribution in [1.29, 1.82) is 5.41 Å². The van der Waals surface area contributed by atoms with Gasteiger partial charge in [-0.15, -0.1) is 13.2 Å². The van der Waals surface area contributed by atoms with E-state index < -0.39 is 0 Å². The van der Waals surface area contributed by atoms with Gasteiger partial charge in [-0.25, -0.2) is 0 Å². The van der Waals surface area contributed by atoms with Crippen molar-refractivity contribution in [2.45, 2.75) is 40.2 Å². The van der Waals surface area contributed by atoms with Crippen molar-refractivity contribution in [2.24, 2.45) is 0 Å². The zero-order valence-electron chi connectivity index (χ0n) is 13.5. The molecule has 2 nitrogen and oxygen atoms in total. The molecule has 0 amide bonds. The van der Waals surface area contributed by atoms with Crippen LogP contribution in [0.2, 0.25) is 0 Å². The monoisotopic (exact) mass is 262 g/mol. The molecule has 0 aliphatic rings. The average Bonchev–Trinajstić information content (AvgIpc) is 2.45. The molecule has 1 rings (SSSR count). The van der Waals surface area contributed by atoms with Gasteiger partial charge in [0.1, 0.15) is 0 Å². The summed E-state index contributed by atoms with van der Waals surface area (Å²) in [6.07, 6.45) is 1.13. The van der Waals surface area contributed by atoms with Crippen molar-refractivity contribution in [1.82, 2.24) is 4.90 Å². The Hall–Kier alpha value is -1.41. The number of hydrogen-bond donors (Lipinski definition) is 1. The largest absolute Gasteiger partial charge is 0.317 e. The van der Waals surface area contributed by atoms with E-state index in [1.54, 1.807) is 0 Å². The van der Waals surface area contributed by atoms with E-state index in [1.165, 1.54) is 22.3 Å². The van der Waals surface area contributed by atoms with Gasteiger partial charge in [-0.05, 0) is 70.3 Å². The Morgan fingerprint density at radius 3 is 1.95 bits per heavy atom. The molecule has 1 unspecified atom stereocenters. The molecule has 0 saturated carbocycles. The van der Waals surface area contributed by atoms with Crippen LogP contribution in [-0.2, 0) is 6.42 Å². The predicted octanol–water partition coefficient (Wildman–Crippen LogP) is 4.56. The van der Waals surface area contributed by atoms with Crippen LogP contribution < -0.4 is 0 Å². The molecule has 0 radical (unpaired) electrons. The quantitative estimate of drug-likeness (QED) is 0.627. The van der Waals surface area contributed by atoms with E-state index >= 15 is 0 Å². The van der Waals surface area contributed by atoms with Crippen molar-refractivity contribution < 1.29 is 0 Å². The lowest BCUT2D eigenvalue weighted by atomic mass is 9.93. The van der Waals surface area contributed by atoms with Gasteiger partial charge in [-0.3, -0.25) is 0 Å². The van der Waals surface area contributed by atoms with Gasteiger partial charge in [-0.2, -0.15) is 0 Å². The van der Waals surface area contributed by atoms with Crippen molar-refractivity contribution in [3.63, 3.8) is 0 Å².